The van der Waals surface area contributed by atoms with E-state index in [4.69, 9.17) is 14.7 Å². The summed E-state index contributed by atoms with van der Waals surface area (Å²) in [5, 5.41) is 0. The molecule has 1 fully saturated rings. The van der Waals surface area contributed by atoms with Gasteiger partial charge in [0.2, 0.25) is 21.9 Å². The Bertz CT molecular complexity index is 1340. The SMILES string of the molecule is Cc1cccc(S(=O)(=O)N2CCc3nc(N4CCCC4)nc(Oc4ccc(F)c(C)c4)c3C2)c1. The van der Waals surface area contributed by atoms with Gasteiger partial charge >= 0.3 is 0 Å². The van der Waals surface area contributed by atoms with E-state index < -0.39 is 10.0 Å². The van der Waals surface area contributed by atoms with E-state index in [0.29, 0.717) is 41.7 Å². The number of benzene rings is 2. The normalized spacial score (nSPS) is 16.5. The van der Waals surface area contributed by atoms with Crippen LogP contribution in [0.1, 0.15) is 35.2 Å². The van der Waals surface area contributed by atoms with Gasteiger partial charge in [0.1, 0.15) is 11.6 Å². The summed E-state index contributed by atoms with van der Waals surface area (Å²) in [7, 11) is -3.69. The van der Waals surface area contributed by atoms with Crippen molar-refractivity contribution in [2.45, 2.75) is 44.6 Å². The predicted octanol–water partition coefficient (Wildman–Crippen LogP) is 4.37. The Labute approximate surface area is 199 Å². The van der Waals surface area contributed by atoms with E-state index in [1.165, 1.54) is 10.4 Å². The molecular formula is C25H27FN4O3S. The molecule has 7 nitrogen and oxygen atoms in total. The Kier molecular flexibility index (Phi) is 5.99. The van der Waals surface area contributed by atoms with Crippen molar-refractivity contribution in [1.82, 2.24) is 14.3 Å². The van der Waals surface area contributed by atoms with Crippen molar-refractivity contribution in [2.75, 3.05) is 24.5 Å². The zero-order chi connectivity index (χ0) is 23.9. The highest BCUT2D eigenvalue weighted by Gasteiger charge is 2.33. The highest BCUT2D eigenvalue weighted by Crippen LogP contribution is 2.34. The van der Waals surface area contributed by atoms with Gasteiger partial charge in [-0.2, -0.15) is 9.29 Å². The van der Waals surface area contributed by atoms with Gasteiger partial charge in [-0.15, -0.1) is 0 Å². The smallest absolute Gasteiger partial charge is 0.243 e. The number of sulfonamides is 1. The van der Waals surface area contributed by atoms with E-state index >= 15 is 0 Å². The van der Waals surface area contributed by atoms with Gasteiger partial charge in [0.15, 0.2) is 0 Å². The topological polar surface area (TPSA) is 75.6 Å². The minimum absolute atomic E-state index is 0.112. The lowest BCUT2D eigenvalue weighted by Gasteiger charge is -2.29. The number of nitrogens with zero attached hydrogens (tertiary/aromatic N) is 4. The maximum atomic E-state index is 13.8. The number of aryl methyl sites for hydroxylation is 2. The van der Waals surface area contributed by atoms with Crippen molar-refractivity contribution in [3.05, 3.63) is 70.7 Å². The molecule has 9 heteroatoms. The molecule has 0 N–H and O–H groups in total. The number of aromatic nitrogens is 2. The van der Waals surface area contributed by atoms with Crippen LogP contribution in [0.3, 0.4) is 0 Å². The molecule has 3 heterocycles. The summed E-state index contributed by atoms with van der Waals surface area (Å²) in [6.07, 6.45) is 2.62. The maximum absolute atomic E-state index is 13.8. The monoisotopic (exact) mass is 482 g/mol. The van der Waals surface area contributed by atoms with E-state index in [0.717, 1.165) is 37.2 Å². The maximum Gasteiger partial charge on any atom is 0.243 e. The Hall–Kier alpha value is -3.04. The van der Waals surface area contributed by atoms with Gasteiger partial charge in [0.05, 0.1) is 16.2 Å². The van der Waals surface area contributed by atoms with Crippen molar-refractivity contribution in [1.29, 1.82) is 0 Å². The Balaban J connectivity index is 1.53. The zero-order valence-corrected chi connectivity index (χ0v) is 20.1. The summed E-state index contributed by atoms with van der Waals surface area (Å²) < 4.78 is 48.1. The fourth-order valence-corrected chi connectivity index (χ4v) is 5.93. The van der Waals surface area contributed by atoms with E-state index in [2.05, 4.69) is 4.90 Å². The van der Waals surface area contributed by atoms with Crippen LogP contribution in [-0.2, 0) is 23.0 Å². The van der Waals surface area contributed by atoms with E-state index in [1.807, 2.05) is 13.0 Å². The molecule has 0 saturated carbocycles. The lowest BCUT2D eigenvalue weighted by atomic mass is 10.1. The third-order valence-electron chi connectivity index (χ3n) is 6.34. The second-order valence-electron chi connectivity index (χ2n) is 8.87. The number of hydrogen-bond acceptors (Lipinski definition) is 6. The van der Waals surface area contributed by atoms with Crippen LogP contribution in [0.4, 0.5) is 10.3 Å². The highest BCUT2D eigenvalue weighted by atomic mass is 32.2. The molecule has 0 unspecified atom stereocenters. The lowest BCUT2D eigenvalue weighted by Crippen LogP contribution is -2.37. The summed E-state index contributed by atoms with van der Waals surface area (Å²) in [6.45, 7) is 5.73. The van der Waals surface area contributed by atoms with Gasteiger partial charge in [-0.1, -0.05) is 12.1 Å². The van der Waals surface area contributed by atoms with Gasteiger partial charge in [-0.3, -0.25) is 0 Å². The minimum atomic E-state index is -3.69. The first-order valence-electron chi connectivity index (χ1n) is 11.5. The number of anilines is 1. The fraction of sp³-hybridized carbons (Fsp3) is 0.360. The van der Waals surface area contributed by atoms with Crippen LogP contribution in [0.2, 0.25) is 0 Å². The van der Waals surface area contributed by atoms with Gasteiger partial charge in [0, 0.05) is 32.6 Å². The van der Waals surface area contributed by atoms with Crippen LogP contribution >= 0.6 is 0 Å². The van der Waals surface area contributed by atoms with Gasteiger partial charge in [-0.25, -0.2) is 17.8 Å². The standard InChI is InChI=1S/C25H27FN4O3S/c1-17-6-5-7-20(14-17)34(31,32)30-13-10-23-21(16-30)24(28-25(27-23)29-11-3-4-12-29)33-19-8-9-22(26)18(2)15-19/h5-9,14-15H,3-4,10-13,16H2,1-2H3. The zero-order valence-electron chi connectivity index (χ0n) is 19.3. The summed E-state index contributed by atoms with van der Waals surface area (Å²) in [4.78, 5) is 11.9. The van der Waals surface area contributed by atoms with Crippen LogP contribution in [-0.4, -0.2) is 42.3 Å². The summed E-state index contributed by atoms with van der Waals surface area (Å²) in [5.41, 5.74) is 2.78. The predicted molar refractivity (Wildman–Crippen MR) is 127 cm³/mol. The largest absolute Gasteiger partial charge is 0.438 e. The molecule has 1 aromatic heterocycles. The van der Waals surface area contributed by atoms with Gasteiger partial charge < -0.3 is 9.64 Å². The second-order valence-corrected chi connectivity index (χ2v) is 10.8. The molecule has 0 bridgehead atoms. The van der Waals surface area contributed by atoms with Crippen molar-refractivity contribution in [3.8, 4) is 11.6 Å². The van der Waals surface area contributed by atoms with E-state index in [-0.39, 0.29) is 17.3 Å². The van der Waals surface area contributed by atoms with Gasteiger partial charge in [-0.05, 0) is 68.1 Å². The Morgan fingerprint density at radius 2 is 1.79 bits per heavy atom. The van der Waals surface area contributed by atoms with Crippen LogP contribution in [0.15, 0.2) is 47.4 Å². The molecule has 34 heavy (non-hydrogen) atoms. The van der Waals surface area contributed by atoms with Crippen molar-refractivity contribution in [3.63, 3.8) is 0 Å². The molecule has 0 aliphatic carbocycles. The molecule has 0 amide bonds. The number of rotatable bonds is 5. The van der Waals surface area contributed by atoms with E-state index in [1.54, 1.807) is 37.3 Å². The summed E-state index contributed by atoms with van der Waals surface area (Å²) >= 11 is 0. The molecular weight excluding hydrogens is 455 g/mol. The molecule has 178 valence electrons. The molecule has 0 radical (unpaired) electrons. The first-order valence-corrected chi connectivity index (χ1v) is 12.9. The number of hydrogen-bond donors (Lipinski definition) is 0. The summed E-state index contributed by atoms with van der Waals surface area (Å²) in [5.74, 6) is 1.05. The average Bonchev–Trinajstić information content (AvgIpc) is 3.36. The Morgan fingerprint density at radius 1 is 1.00 bits per heavy atom. The molecule has 2 aliphatic rings. The second kappa shape index (κ2) is 8.96. The minimum Gasteiger partial charge on any atom is -0.438 e. The van der Waals surface area contributed by atoms with E-state index in [9.17, 15) is 12.8 Å². The molecule has 0 spiro atoms. The van der Waals surface area contributed by atoms with Crippen molar-refractivity contribution >= 4 is 16.0 Å². The first-order chi connectivity index (χ1) is 16.3. The fourth-order valence-electron chi connectivity index (χ4n) is 4.41. The molecule has 2 aliphatic heterocycles. The third kappa shape index (κ3) is 4.37. The molecule has 2 aromatic carbocycles. The average molecular weight is 483 g/mol. The molecule has 0 atom stereocenters. The molecule has 1 saturated heterocycles. The third-order valence-corrected chi connectivity index (χ3v) is 8.18. The van der Waals surface area contributed by atoms with Crippen LogP contribution in [0, 0.1) is 19.7 Å². The first kappa shape index (κ1) is 22.7. The Morgan fingerprint density at radius 3 is 2.53 bits per heavy atom. The van der Waals surface area contributed by atoms with Gasteiger partial charge in [0.25, 0.3) is 0 Å². The van der Waals surface area contributed by atoms with Crippen LogP contribution in [0.25, 0.3) is 0 Å². The number of ether oxygens (including phenoxy) is 1. The van der Waals surface area contributed by atoms with Crippen molar-refractivity contribution in [2.24, 2.45) is 0 Å². The lowest BCUT2D eigenvalue weighted by molar-refractivity contribution is 0.369. The molecule has 5 rings (SSSR count). The van der Waals surface area contributed by atoms with Crippen LogP contribution < -0.4 is 9.64 Å². The van der Waals surface area contributed by atoms with Crippen LogP contribution in [0.5, 0.6) is 11.6 Å². The van der Waals surface area contributed by atoms with Crippen molar-refractivity contribution < 1.29 is 17.5 Å². The number of fused-ring (bicyclic) bond motifs is 1. The quantitative estimate of drug-likeness (QED) is 0.538. The summed E-state index contributed by atoms with van der Waals surface area (Å²) in [6, 6.07) is 11.4. The molecule has 3 aromatic rings. The number of halogens is 1. The highest BCUT2D eigenvalue weighted by molar-refractivity contribution is 7.89.